The highest BCUT2D eigenvalue weighted by atomic mass is 32.1. The quantitative estimate of drug-likeness (QED) is 0.106. The number of aliphatic carboxylic acids is 1. The van der Waals surface area contributed by atoms with Crippen molar-refractivity contribution in [2.75, 3.05) is 45.8 Å². The summed E-state index contributed by atoms with van der Waals surface area (Å²) in [5, 5.41) is 26.0. The molecule has 3 heterocycles. The molecule has 3 unspecified atom stereocenters. The minimum Gasteiger partial charge on any atom is -0.480 e. The van der Waals surface area contributed by atoms with Gasteiger partial charge in [-0.15, -0.1) is 12.6 Å². The summed E-state index contributed by atoms with van der Waals surface area (Å²) in [4.78, 5) is 110. The second kappa shape index (κ2) is 23.4. The summed E-state index contributed by atoms with van der Waals surface area (Å²) in [6.07, 6.45) is 3.28. The van der Waals surface area contributed by atoms with Crippen molar-refractivity contribution in [1.82, 2.24) is 41.3 Å². The molecule has 0 aromatic heterocycles. The first-order valence-corrected chi connectivity index (χ1v) is 23.4. The SMILES string of the molecule is CC(C)[C@@H]1NC(=O)[C@@H]2[C@H](C)CCN2C(=O)CN=C(NC(C(=O)NC(C(=O)N[C@@H](C=N/C=C\S)CC(=O)N2CCN(CC(=O)O)CC2)[C@@H](C)c2ccccc2)C(C)(C)C)C(C(C)(C)C)NC1=O. The lowest BCUT2D eigenvalue weighted by Gasteiger charge is -2.39. The number of thiol groups is 1. The van der Waals surface area contributed by atoms with Crippen molar-refractivity contribution in [2.45, 2.75) is 124 Å². The molecule has 19 heteroatoms. The van der Waals surface area contributed by atoms with Crippen LogP contribution in [-0.4, -0.2) is 155 Å². The Kier molecular flexibility index (Phi) is 18.9. The van der Waals surface area contributed by atoms with Crippen LogP contribution >= 0.6 is 12.6 Å². The van der Waals surface area contributed by atoms with Crippen LogP contribution in [0.15, 0.2) is 51.9 Å². The summed E-state index contributed by atoms with van der Waals surface area (Å²) in [6, 6.07) is 3.48. The first kappa shape index (κ1) is 53.3. The number of hydrogen-bond donors (Lipinski definition) is 7. The number of amidine groups is 1. The third-order valence-electron chi connectivity index (χ3n) is 12.4. The predicted molar refractivity (Wildman–Crippen MR) is 257 cm³/mol. The van der Waals surface area contributed by atoms with E-state index in [9.17, 15) is 38.7 Å². The molecule has 3 aliphatic heterocycles. The largest absolute Gasteiger partial charge is 0.480 e. The lowest BCUT2D eigenvalue weighted by Crippen LogP contribution is -2.65. The van der Waals surface area contributed by atoms with Gasteiger partial charge in [0.2, 0.25) is 35.4 Å². The van der Waals surface area contributed by atoms with Gasteiger partial charge in [0.15, 0.2) is 0 Å². The summed E-state index contributed by atoms with van der Waals surface area (Å²) in [7, 11) is 0. The van der Waals surface area contributed by atoms with Gasteiger partial charge < -0.3 is 41.5 Å². The van der Waals surface area contributed by atoms with Crippen molar-refractivity contribution < 1.29 is 38.7 Å². The summed E-state index contributed by atoms with van der Waals surface area (Å²) in [6.45, 7) is 19.9. The zero-order valence-electron chi connectivity index (χ0n) is 40.2. The molecule has 0 aliphatic carbocycles. The average Bonchev–Trinajstić information content (AvgIpc) is 3.63. The number of fused-ring (bicyclic) bond motifs is 1. The van der Waals surface area contributed by atoms with Crippen molar-refractivity contribution >= 4 is 66.1 Å². The van der Waals surface area contributed by atoms with Crippen molar-refractivity contribution in [3.8, 4) is 0 Å². The van der Waals surface area contributed by atoms with E-state index in [4.69, 9.17) is 4.99 Å². The number of amides is 6. The van der Waals surface area contributed by atoms with Gasteiger partial charge in [-0.3, -0.25) is 48.4 Å². The predicted octanol–water partition coefficient (Wildman–Crippen LogP) is 2.18. The molecule has 3 aliphatic rings. The Bertz CT molecular complexity index is 1990. The summed E-state index contributed by atoms with van der Waals surface area (Å²) >= 11 is 4.08. The molecule has 364 valence electrons. The molecule has 2 saturated heterocycles. The molecule has 0 spiro atoms. The molecule has 8 atom stereocenters. The standard InChI is InChI=1S/C47H72N10O8S/c1-28(2)36-42(62)54-39(46(5,6)7)41(49-26-34(59)57-18-16-29(3)38(57)44(64)51-36)53-40(47(8,9)10)45(65)52-37(30(4)31-14-12-11-13-15-31)43(63)50-32(25-48-17-23-66)24-33(58)56-21-19-55(20-22-56)27-35(60)61/h11-15,17,23,25,28-30,32,36-40,66H,16,18-22,24,26-27H2,1-10H3,(H,49,53)(H,50,63)(H,51,64)(H,52,65)(H,54,62)(H,60,61)/b23-17-,48-25?/t29-,30+,32-,36+,37?,38+,39?,40?/m1/s1. The van der Waals surface area contributed by atoms with Gasteiger partial charge >= 0.3 is 5.97 Å². The van der Waals surface area contributed by atoms with Crippen LogP contribution < -0.4 is 26.6 Å². The van der Waals surface area contributed by atoms with Crippen LogP contribution in [0.1, 0.15) is 93.6 Å². The fourth-order valence-corrected chi connectivity index (χ4v) is 8.56. The number of carboxylic acid groups (broad SMARTS) is 1. The number of carbonyl (C=O) groups excluding carboxylic acids is 6. The lowest BCUT2D eigenvalue weighted by atomic mass is 9.82. The zero-order chi connectivity index (χ0) is 49.1. The number of carbonyl (C=O) groups is 7. The van der Waals surface area contributed by atoms with Gasteiger partial charge in [-0.25, -0.2) is 0 Å². The number of piperazine rings is 1. The Labute approximate surface area is 395 Å². The molecule has 6 amide bonds. The van der Waals surface area contributed by atoms with Crippen molar-refractivity contribution in [3.05, 3.63) is 47.5 Å². The third kappa shape index (κ3) is 14.6. The van der Waals surface area contributed by atoms with E-state index in [1.807, 2.05) is 99.6 Å². The van der Waals surface area contributed by atoms with E-state index in [-0.39, 0.29) is 49.0 Å². The monoisotopic (exact) mass is 937 g/mol. The summed E-state index contributed by atoms with van der Waals surface area (Å²) < 4.78 is 0. The first-order chi connectivity index (χ1) is 30.9. The molecule has 1 aromatic rings. The van der Waals surface area contributed by atoms with E-state index in [1.165, 1.54) is 22.7 Å². The Balaban J connectivity index is 1.70. The third-order valence-corrected chi connectivity index (χ3v) is 12.5. The van der Waals surface area contributed by atoms with Crippen molar-refractivity contribution in [3.63, 3.8) is 0 Å². The van der Waals surface area contributed by atoms with E-state index >= 15 is 0 Å². The smallest absolute Gasteiger partial charge is 0.317 e. The van der Waals surface area contributed by atoms with Crippen LogP contribution in [0.25, 0.3) is 0 Å². The second-order valence-corrected chi connectivity index (χ2v) is 20.4. The van der Waals surface area contributed by atoms with E-state index in [1.54, 1.807) is 9.80 Å². The number of nitrogens with one attached hydrogen (secondary N) is 5. The van der Waals surface area contributed by atoms with Crippen LogP contribution in [-0.2, 0) is 33.6 Å². The van der Waals surface area contributed by atoms with Crippen LogP contribution in [0.2, 0.25) is 0 Å². The Morgan fingerprint density at radius 3 is 2.15 bits per heavy atom. The van der Waals surface area contributed by atoms with Gasteiger partial charge in [-0.1, -0.05) is 99.6 Å². The normalized spacial score (nSPS) is 23.5. The molecule has 0 bridgehead atoms. The Morgan fingerprint density at radius 2 is 1.58 bits per heavy atom. The Morgan fingerprint density at radius 1 is 0.924 bits per heavy atom. The van der Waals surface area contributed by atoms with Crippen LogP contribution in [0.4, 0.5) is 0 Å². The Hall–Kier alpha value is -5.30. The second-order valence-electron chi connectivity index (χ2n) is 20.1. The molecule has 2 fully saturated rings. The van der Waals surface area contributed by atoms with Gasteiger partial charge in [0.1, 0.15) is 36.5 Å². The highest BCUT2D eigenvalue weighted by Gasteiger charge is 2.44. The average molecular weight is 937 g/mol. The van der Waals surface area contributed by atoms with E-state index in [0.29, 0.717) is 39.1 Å². The van der Waals surface area contributed by atoms with Crippen LogP contribution in [0.3, 0.4) is 0 Å². The van der Waals surface area contributed by atoms with E-state index in [0.717, 1.165) is 5.56 Å². The number of rotatable bonds is 14. The number of hydrogen-bond acceptors (Lipinski definition) is 12. The van der Waals surface area contributed by atoms with Gasteiger partial charge in [0.05, 0.1) is 25.0 Å². The number of aliphatic imine (C=N–C) groups is 2. The molecular weight excluding hydrogens is 865 g/mol. The number of benzene rings is 1. The number of nitrogens with zero attached hydrogens (tertiary/aromatic N) is 5. The summed E-state index contributed by atoms with van der Waals surface area (Å²) in [5.74, 6) is -4.41. The van der Waals surface area contributed by atoms with Gasteiger partial charge in [-0.05, 0) is 40.1 Å². The maximum Gasteiger partial charge on any atom is 0.317 e. The van der Waals surface area contributed by atoms with E-state index in [2.05, 4.69) is 44.2 Å². The van der Waals surface area contributed by atoms with Gasteiger partial charge in [0.25, 0.3) is 0 Å². The van der Waals surface area contributed by atoms with E-state index < -0.39 is 82.6 Å². The first-order valence-electron chi connectivity index (χ1n) is 22.8. The van der Waals surface area contributed by atoms with Crippen molar-refractivity contribution in [1.29, 1.82) is 0 Å². The summed E-state index contributed by atoms with van der Waals surface area (Å²) in [5.41, 5.74) is -0.810. The lowest BCUT2D eigenvalue weighted by molar-refractivity contribution is -0.140. The molecule has 18 nitrogen and oxygen atoms in total. The zero-order valence-corrected chi connectivity index (χ0v) is 41.1. The topological polar surface area (TPSA) is 234 Å². The molecule has 0 saturated carbocycles. The van der Waals surface area contributed by atoms with Crippen LogP contribution in [0.5, 0.6) is 0 Å². The maximum atomic E-state index is 14.9. The van der Waals surface area contributed by atoms with Gasteiger partial charge in [-0.2, -0.15) is 0 Å². The molecular formula is C47H72N10O8S. The van der Waals surface area contributed by atoms with Crippen molar-refractivity contribution in [2.24, 2.45) is 32.7 Å². The minimum absolute atomic E-state index is 0.124. The highest BCUT2D eigenvalue weighted by Crippen LogP contribution is 2.28. The molecule has 6 N–H and O–H groups in total. The fraction of sp³-hybridized carbons (Fsp3) is 0.638. The fourth-order valence-electron chi connectivity index (χ4n) is 8.49. The molecule has 1 aromatic carbocycles. The van der Waals surface area contributed by atoms with Crippen LogP contribution in [0, 0.1) is 22.7 Å². The molecule has 0 radical (unpaired) electrons. The highest BCUT2D eigenvalue weighted by molar-refractivity contribution is 7.83. The molecule has 66 heavy (non-hydrogen) atoms. The van der Waals surface area contributed by atoms with Gasteiger partial charge in [0, 0.05) is 51.1 Å². The minimum atomic E-state index is -1.18. The molecule has 4 rings (SSSR count). The maximum absolute atomic E-state index is 14.9. The number of carboxylic acids is 1.